The van der Waals surface area contributed by atoms with Crippen LogP contribution in [0.4, 0.5) is 10.5 Å². The summed E-state index contributed by atoms with van der Waals surface area (Å²) in [6, 6.07) is 4.09. The van der Waals surface area contributed by atoms with E-state index in [9.17, 15) is 9.59 Å². The van der Waals surface area contributed by atoms with Crippen molar-refractivity contribution in [2.45, 2.75) is 26.3 Å². The third-order valence-corrected chi connectivity index (χ3v) is 3.35. The van der Waals surface area contributed by atoms with Gasteiger partial charge in [-0.05, 0) is 26.0 Å². The molecule has 0 heterocycles. The van der Waals surface area contributed by atoms with Gasteiger partial charge in [0.05, 0.1) is 24.2 Å². The maximum absolute atomic E-state index is 12.2. The minimum absolute atomic E-state index is 0.118. The molecule has 0 aliphatic carbocycles. The molecule has 0 spiro atoms. The molecule has 116 valence electrons. The summed E-state index contributed by atoms with van der Waals surface area (Å²) in [5.74, 6) is -0.385. The molecule has 7 heteroatoms. The molecule has 2 amide bonds. The largest absolute Gasteiger partial charge is 0.497 e. The molecule has 1 aromatic carbocycles. The average Bonchev–Trinajstić information content (AvgIpc) is 2.41. The molecule has 0 aliphatic heterocycles. The molecule has 2 N–H and O–H groups in total. The Morgan fingerprint density at radius 2 is 2.14 bits per heavy atom. The SMILES string of the molecule is CCN(C(=O)Nc1cc(OC)ccc1Cl)C(C)CC(=O)O. The van der Waals surface area contributed by atoms with Crippen LogP contribution in [-0.4, -0.2) is 41.7 Å². The van der Waals surface area contributed by atoms with Gasteiger partial charge in [-0.25, -0.2) is 4.79 Å². The Hall–Kier alpha value is -1.95. The monoisotopic (exact) mass is 314 g/mol. The number of nitrogens with zero attached hydrogens (tertiary/aromatic N) is 1. The predicted octanol–water partition coefficient (Wildman–Crippen LogP) is 3.07. The molecular weight excluding hydrogens is 296 g/mol. The quantitative estimate of drug-likeness (QED) is 0.845. The van der Waals surface area contributed by atoms with Crippen molar-refractivity contribution in [1.29, 1.82) is 0 Å². The maximum atomic E-state index is 12.2. The van der Waals surface area contributed by atoms with Gasteiger partial charge in [0.25, 0.3) is 0 Å². The van der Waals surface area contributed by atoms with Gasteiger partial charge >= 0.3 is 12.0 Å². The molecule has 0 saturated carbocycles. The van der Waals surface area contributed by atoms with E-state index >= 15 is 0 Å². The van der Waals surface area contributed by atoms with Crippen LogP contribution < -0.4 is 10.1 Å². The maximum Gasteiger partial charge on any atom is 0.322 e. The number of hydrogen-bond donors (Lipinski definition) is 2. The lowest BCUT2D eigenvalue weighted by Gasteiger charge is -2.27. The molecular formula is C14H19ClN2O4. The van der Waals surface area contributed by atoms with E-state index in [1.54, 1.807) is 32.0 Å². The Labute approximate surface area is 128 Å². The zero-order chi connectivity index (χ0) is 16.0. The number of ether oxygens (including phenoxy) is 1. The number of anilines is 1. The Morgan fingerprint density at radius 3 is 2.67 bits per heavy atom. The molecule has 1 aromatic rings. The van der Waals surface area contributed by atoms with E-state index in [-0.39, 0.29) is 6.42 Å². The standard InChI is InChI=1S/C14H19ClN2O4/c1-4-17(9(2)7-13(18)19)14(20)16-12-8-10(21-3)5-6-11(12)15/h5-6,8-9H,4,7H2,1-3H3,(H,16,20)(H,18,19). The number of rotatable bonds is 6. The van der Waals surface area contributed by atoms with Crippen LogP contribution >= 0.6 is 11.6 Å². The number of amides is 2. The van der Waals surface area contributed by atoms with Crippen LogP contribution in [-0.2, 0) is 4.79 Å². The van der Waals surface area contributed by atoms with Crippen molar-refractivity contribution in [3.8, 4) is 5.75 Å². The molecule has 0 bridgehead atoms. The lowest BCUT2D eigenvalue weighted by molar-refractivity contribution is -0.137. The van der Waals surface area contributed by atoms with Crippen LogP contribution in [0, 0.1) is 0 Å². The van der Waals surface area contributed by atoms with Crippen molar-refractivity contribution in [1.82, 2.24) is 4.90 Å². The highest BCUT2D eigenvalue weighted by Crippen LogP contribution is 2.27. The van der Waals surface area contributed by atoms with E-state index < -0.39 is 18.0 Å². The summed E-state index contributed by atoms with van der Waals surface area (Å²) >= 11 is 6.03. The lowest BCUT2D eigenvalue weighted by Crippen LogP contribution is -2.42. The first kappa shape index (κ1) is 17.1. The fraction of sp³-hybridized carbons (Fsp3) is 0.429. The summed E-state index contributed by atoms with van der Waals surface area (Å²) in [4.78, 5) is 24.4. The fourth-order valence-electron chi connectivity index (χ4n) is 1.93. The second-order valence-electron chi connectivity index (χ2n) is 4.51. The van der Waals surface area contributed by atoms with Gasteiger partial charge in [0.2, 0.25) is 0 Å². The number of carbonyl (C=O) groups is 2. The van der Waals surface area contributed by atoms with Gasteiger partial charge in [0.15, 0.2) is 0 Å². The Bertz CT molecular complexity index is 522. The molecule has 1 atom stereocenters. The van der Waals surface area contributed by atoms with Gasteiger partial charge in [0, 0.05) is 18.7 Å². The number of methoxy groups -OCH3 is 1. The summed E-state index contributed by atoms with van der Waals surface area (Å²) in [6.45, 7) is 3.86. The summed E-state index contributed by atoms with van der Waals surface area (Å²) in [6.07, 6.45) is -0.118. The van der Waals surface area contributed by atoms with Gasteiger partial charge < -0.3 is 20.1 Å². The van der Waals surface area contributed by atoms with E-state index in [1.165, 1.54) is 12.0 Å². The summed E-state index contributed by atoms with van der Waals surface area (Å²) in [5, 5.41) is 11.9. The van der Waals surface area contributed by atoms with Crippen LogP contribution in [0.5, 0.6) is 5.75 Å². The van der Waals surface area contributed by atoms with Crippen LogP contribution in [0.1, 0.15) is 20.3 Å². The van der Waals surface area contributed by atoms with Crippen molar-refractivity contribution < 1.29 is 19.4 Å². The molecule has 0 radical (unpaired) electrons. The lowest BCUT2D eigenvalue weighted by atomic mass is 10.2. The molecule has 0 aliphatic rings. The second-order valence-corrected chi connectivity index (χ2v) is 4.92. The van der Waals surface area contributed by atoms with E-state index in [0.717, 1.165) is 0 Å². The summed E-state index contributed by atoms with van der Waals surface area (Å²) in [5.41, 5.74) is 0.419. The summed E-state index contributed by atoms with van der Waals surface area (Å²) in [7, 11) is 1.52. The van der Waals surface area contributed by atoms with E-state index in [4.69, 9.17) is 21.4 Å². The van der Waals surface area contributed by atoms with Gasteiger partial charge in [-0.3, -0.25) is 4.79 Å². The fourth-order valence-corrected chi connectivity index (χ4v) is 2.10. The molecule has 0 saturated heterocycles. The Morgan fingerprint density at radius 1 is 1.48 bits per heavy atom. The highest BCUT2D eigenvalue weighted by Gasteiger charge is 2.21. The minimum Gasteiger partial charge on any atom is -0.497 e. The van der Waals surface area contributed by atoms with Gasteiger partial charge in [-0.2, -0.15) is 0 Å². The number of aliphatic carboxylic acids is 1. The molecule has 21 heavy (non-hydrogen) atoms. The third-order valence-electron chi connectivity index (χ3n) is 3.02. The van der Waals surface area contributed by atoms with Crippen molar-refractivity contribution in [3.05, 3.63) is 23.2 Å². The van der Waals surface area contributed by atoms with Crippen molar-refractivity contribution in [3.63, 3.8) is 0 Å². The van der Waals surface area contributed by atoms with E-state index in [1.807, 2.05) is 0 Å². The first-order chi connectivity index (χ1) is 9.88. The highest BCUT2D eigenvalue weighted by atomic mass is 35.5. The van der Waals surface area contributed by atoms with Crippen LogP contribution in [0.2, 0.25) is 5.02 Å². The Balaban J connectivity index is 2.85. The van der Waals surface area contributed by atoms with Gasteiger partial charge in [-0.1, -0.05) is 11.6 Å². The van der Waals surface area contributed by atoms with Gasteiger partial charge in [-0.15, -0.1) is 0 Å². The summed E-state index contributed by atoms with van der Waals surface area (Å²) < 4.78 is 5.08. The number of benzene rings is 1. The molecule has 1 rings (SSSR count). The van der Waals surface area contributed by atoms with Crippen molar-refractivity contribution >= 4 is 29.3 Å². The highest BCUT2D eigenvalue weighted by molar-refractivity contribution is 6.33. The molecule has 0 fully saturated rings. The van der Waals surface area contributed by atoms with Gasteiger partial charge in [0.1, 0.15) is 5.75 Å². The molecule has 6 nitrogen and oxygen atoms in total. The smallest absolute Gasteiger partial charge is 0.322 e. The number of urea groups is 1. The van der Waals surface area contributed by atoms with E-state index in [2.05, 4.69) is 5.32 Å². The zero-order valence-electron chi connectivity index (χ0n) is 12.2. The van der Waals surface area contributed by atoms with Crippen LogP contribution in [0.3, 0.4) is 0 Å². The number of carbonyl (C=O) groups excluding carboxylic acids is 1. The Kier molecular flexibility index (Phi) is 6.30. The topological polar surface area (TPSA) is 78.9 Å². The molecule has 1 unspecified atom stereocenters. The zero-order valence-corrected chi connectivity index (χ0v) is 13.0. The van der Waals surface area contributed by atoms with Crippen LogP contribution in [0.25, 0.3) is 0 Å². The van der Waals surface area contributed by atoms with Crippen LogP contribution in [0.15, 0.2) is 18.2 Å². The minimum atomic E-state index is -0.951. The first-order valence-corrected chi connectivity index (χ1v) is 6.89. The van der Waals surface area contributed by atoms with E-state index in [0.29, 0.717) is 23.0 Å². The number of halogens is 1. The molecule has 0 aromatic heterocycles. The number of carboxylic acids is 1. The third kappa shape index (κ3) is 4.82. The van der Waals surface area contributed by atoms with Crippen molar-refractivity contribution in [2.24, 2.45) is 0 Å². The normalized spacial score (nSPS) is 11.6. The number of carboxylic acid groups (broad SMARTS) is 1. The average molecular weight is 315 g/mol. The predicted molar refractivity (Wildman–Crippen MR) is 81.1 cm³/mol. The van der Waals surface area contributed by atoms with Crippen molar-refractivity contribution in [2.75, 3.05) is 19.0 Å². The first-order valence-electron chi connectivity index (χ1n) is 6.52. The second kappa shape index (κ2) is 7.73. The number of nitrogens with one attached hydrogen (secondary N) is 1. The number of hydrogen-bond acceptors (Lipinski definition) is 3.